The number of aliphatic hydroxyl groups excluding tert-OH is 1. The fourth-order valence-corrected chi connectivity index (χ4v) is 2.99. The maximum absolute atomic E-state index is 12.2. The van der Waals surface area contributed by atoms with Gasteiger partial charge in [-0.25, -0.2) is 0 Å². The highest BCUT2D eigenvalue weighted by Gasteiger charge is 2.11. The maximum Gasteiger partial charge on any atom is 0.257 e. The van der Waals surface area contributed by atoms with Gasteiger partial charge in [-0.3, -0.25) is 10.1 Å². The van der Waals surface area contributed by atoms with E-state index >= 15 is 0 Å². The molecule has 0 saturated heterocycles. The summed E-state index contributed by atoms with van der Waals surface area (Å²) in [6.07, 6.45) is 0. The Kier molecular flexibility index (Phi) is 5.91. The molecule has 1 aromatic heterocycles. The summed E-state index contributed by atoms with van der Waals surface area (Å²) in [5.41, 5.74) is 3.04. The number of carbonyl (C=O) groups excluding carboxylic acids is 1. The average Bonchev–Trinajstić information content (AvgIpc) is 3.10. The number of furan rings is 1. The summed E-state index contributed by atoms with van der Waals surface area (Å²) < 4.78 is 5.57. The highest BCUT2D eigenvalue weighted by Crippen LogP contribution is 2.27. The third kappa shape index (κ3) is 4.74. The van der Waals surface area contributed by atoms with E-state index in [1.165, 1.54) is 0 Å². The molecule has 138 valence electrons. The molecule has 1 amide bonds. The van der Waals surface area contributed by atoms with Gasteiger partial charge in [0.25, 0.3) is 5.91 Å². The second-order valence-corrected chi connectivity index (χ2v) is 6.72. The van der Waals surface area contributed by atoms with Crippen LogP contribution in [0.1, 0.15) is 21.7 Å². The zero-order valence-corrected chi connectivity index (χ0v) is 16.0. The van der Waals surface area contributed by atoms with Crippen molar-refractivity contribution in [1.29, 1.82) is 0 Å². The van der Waals surface area contributed by atoms with E-state index in [-0.39, 0.29) is 17.6 Å². The van der Waals surface area contributed by atoms with E-state index in [2.05, 4.69) is 10.6 Å². The second kappa shape index (κ2) is 8.35. The molecule has 5 nitrogen and oxygen atoms in total. The molecule has 0 spiro atoms. The molecule has 3 N–H and O–H groups in total. The van der Waals surface area contributed by atoms with Crippen molar-refractivity contribution < 1.29 is 14.3 Å². The highest BCUT2D eigenvalue weighted by molar-refractivity contribution is 7.80. The number of hydrogen-bond donors (Lipinski definition) is 3. The lowest BCUT2D eigenvalue weighted by atomic mass is 10.1. The molecule has 0 bridgehead atoms. The van der Waals surface area contributed by atoms with Gasteiger partial charge >= 0.3 is 0 Å². The van der Waals surface area contributed by atoms with E-state index < -0.39 is 0 Å². The van der Waals surface area contributed by atoms with Gasteiger partial charge in [-0.05, 0) is 73.2 Å². The lowest BCUT2D eigenvalue weighted by Gasteiger charge is -2.11. The predicted molar refractivity (Wildman–Crippen MR) is 110 cm³/mol. The number of aliphatic hydroxyl groups is 1. The van der Waals surface area contributed by atoms with Crippen molar-refractivity contribution in [2.75, 3.05) is 5.32 Å². The molecule has 0 unspecified atom stereocenters. The predicted octanol–water partition coefficient (Wildman–Crippen LogP) is 4.53. The summed E-state index contributed by atoms with van der Waals surface area (Å²) in [7, 11) is 0. The third-order valence-electron chi connectivity index (χ3n) is 3.88. The summed E-state index contributed by atoms with van der Waals surface area (Å²) in [6, 6.07) is 15.8. The Bertz CT molecular complexity index is 1000. The number of thiocarbonyl (C=S) groups is 1. The molecule has 0 aliphatic rings. The van der Waals surface area contributed by atoms with Crippen molar-refractivity contribution in [3.63, 3.8) is 0 Å². The first-order valence-electron chi connectivity index (χ1n) is 8.15. The molecule has 0 radical (unpaired) electrons. The number of anilines is 1. The number of aryl methyl sites for hydroxylation is 1. The topological polar surface area (TPSA) is 74.5 Å². The number of benzene rings is 2. The SMILES string of the molecule is Cc1cc(NC(=S)NC(=O)c2cccc(Cl)c2)ccc1-c1ccc(CO)o1. The summed E-state index contributed by atoms with van der Waals surface area (Å²) in [6.45, 7) is 1.80. The normalized spacial score (nSPS) is 10.5. The van der Waals surface area contributed by atoms with Crippen LogP contribution >= 0.6 is 23.8 Å². The monoisotopic (exact) mass is 400 g/mol. The highest BCUT2D eigenvalue weighted by atomic mass is 35.5. The van der Waals surface area contributed by atoms with Crippen LogP contribution in [-0.4, -0.2) is 16.1 Å². The van der Waals surface area contributed by atoms with Gasteiger partial charge in [-0.2, -0.15) is 0 Å². The van der Waals surface area contributed by atoms with E-state index in [1.54, 1.807) is 30.3 Å². The molecule has 3 aromatic rings. The molecule has 0 aliphatic heterocycles. The van der Waals surface area contributed by atoms with E-state index in [0.29, 0.717) is 22.1 Å². The van der Waals surface area contributed by atoms with Crippen molar-refractivity contribution in [3.8, 4) is 11.3 Å². The second-order valence-electron chi connectivity index (χ2n) is 5.87. The van der Waals surface area contributed by atoms with Crippen LogP contribution < -0.4 is 10.6 Å². The van der Waals surface area contributed by atoms with Gasteiger partial charge in [0.2, 0.25) is 0 Å². The maximum atomic E-state index is 12.2. The Balaban J connectivity index is 1.67. The number of nitrogens with one attached hydrogen (secondary N) is 2. The van der Waals surface area contributed by atoms with Gasteiger partial charge in [-0.15, -0.1) is 0 Å². The first-order chi connectivity index (χ1) is 13.0. The third-order valence-corrected chi connectivity index (χ3v) is 4.32. The van der Waals surface area contributed by atoms with Crippen LogP contribution in [0.15, 0.2) is 59.0 Å². The quantitative estimate of drug-likeness (QED) is 0.561. The molecular weight excluding hydrogens is 384 g/mol. The average molecular weight is 401 g/mol. The zero-order chi connectivity index (χ0) is 19.4. The van der Waals surface area contributed by atoms with Crippen molar-refractivity contribution in [2.24, 2.45) is 0 Å². The van der Waals surface area contributed by atoms with E-state index in [4.69, 9.17) is 33.3 Å². The van der Waals surface area contributed by atoms with Crippen LogP contribution in [-0.2, 0) is 6.61 Å². The lowest BCUT2D eigenvalue weighted by Crippen LogP contribution is -2.34. The summed E-state index contributed by atoms with van der Waals surface area (Å²) >= 11 is 11.1. The van der Waals surface area contributed by atoms with Crippen LogP contribution in [0.3, 0.4) is 0 Å². The molecule has 0 aliphatic carbocycles. The van der Waals surface area contributed by atoms with Crippen LogP contribution in [0.25, 0.3) is 11.3 Å². The number of carbonyl (C=O) groups is 1. The zero-order valence-electron chi connectivity index (χ0n) is 14.5. The minimum absolute atomic E-state index is 0.140. The minimum atomic E-state index is -0.338. The molecule has 2 aromatic carbocycles. The minimum Gasteiger partial charge on any atom is -0.459 e. The fraction of sp³-hybridized carbons (Fsp3) is 0.100. The Hall–Kier alpha value is -2.67. The first kappa shape index (κ1) is 19.1. The van der Waals surface area contributed by atoms with Crippen molar-refractivity contribution in [3.05, 3.63) is 76.5 Å². The molecule has 1 heterocycles. The largest absolute Gasteiger partial charge is 0.459 e. The molecule has 0 saturated carbocycles. The van der Waals surface area contributed by atoms with E-state index in [1.807, 2.05) is 31.2 Å². The van der Waals surface area contributed by atoms with Gasteiger partial charge in [0.05, 0.1) is 0 Å². The smallest absolute Gasteiger partial charge is 0.257 e. The van der Waals surface area contributed by atoms with Crippen LogP contribution in [0, 0.1) is 6.92 Å². The Morgan fingerprint density at radius 3 is 2.67 bits per heavy atom. The van der Waals surface area contributed by atoms with Crippen LogP contribution in [0.5, 0.6) is 0 Å². The molecule has 0 atom stereocenters. The number of hydrogen-bond acceptors (Lipinski definition) is 4. The van der Waals surface area contributed by atoms with Gasteiger partial charge < -0.3 is 14.8 Å². The number of amides is 1. The molecular formula is C20H17ClN2O3S. The number of rotatable bonds is 4. The van der Waals surface area contributed by atoms with Gasteiger partial charge in [0.15, 0.2) is 5.11 Å². The first-order valence-corrected chi connectivity index (χ1v) is 8.93. The van der Waals surface area contributed by atoms with Crippen molar-refractivity contribution in [2.45, 2.75) is 13.5 Å². The van der Waals surface area contributed by atoms with Gasteiger partial charge in [-0.1, -0.05) is 17.7 Å². The summed E-state index contributed by atoms with van der Waals surface area (Å²) in [5, 5.41) is 15.4. The molecule has 27 heavy (non-hydrogen) atoms. The van der Waals surface area contributed by atoms with E-state index in [0.717, 1.165) is 16.8 Å². The van der Waals surface area contributed by atoms with E-state index in [9.17, 15) is 4.79 Å². The summed E-state index contributed by atoms with van der Waals surface area (Å²) in [5.74, 6) is 0.854. The fourth-order valence-electron chi connectivity index (χ4n) is 2.59. The Morgan fingerprint density at radius 2 is 2.00 bits per heavy atom. The van der Waals surface area contributed by atoms with Crippen molar-refractivity contribution >= 4 is 40.5 Å². The van der Waals surface area contributed by atoms with Crippen LogP contribution in [0.2, 0.25) is 5.02 Å². The standard InChI is InChI=1S/C20H17ClN2O3S/c1-12-9-15(5-7-17(12)18-8-6-16(11-24)26-18)22-20(27)23-19(25)13-3-2-4-14(21)10-13/h2-10,24H,11H2,1H3,(H2,22,23,25,27). The summed E-state index contributed by atoms with van der Waals surface area (Å²) in [4.78, 5) is 12.2. The van der Waals surface area contributed by atoms with Crippen molar-refractivity contribution in [1.82, 2.24) is 5.32 Å². The lowest BCUT2D eigenvalue weighted by molar-refractivity contribution is 0.0977. The Labute approximate surface area is 167 Å². The molecule has 3 rings (SSSR count). The van der Waals surface area contributed by atoms with Gasteiger partial charge in [0, 0.05) is 21.8 Å². The number of halogens is 1. The van der Waals surface area contributed by atoms with Crippen LogP contribution in [0.4, 0.5) is 5.69 Å². The molecule has 0 fully saturated rings. The van der Waals surface area contributed by atoms with Gasteiger partial charge in [0.1, 0.15) is 18.1 Å². The Morgan fingerprint density at radius 1 is 1.19 bits per heavy atom. The molecule has 7 heteroatoms.